The van der Waals surface area contributed by atoms with E-state index in [1.54, 1.807) is 0 Å². The quantitative estimate of drug-likeness (QED) is 0.705. The first-order valence-corrected chi connectivity index (χ1v) is 3.80. The number of ether oxygens (including phenoxy) is 1. The third-order valence-electron chi connectivity index (χ3n) is 1.01. The Balaban J connectivity index is 0.000000223. The molecule has 0 unspecified atom stereocenters. The van der Waals surface area contributed by atoms with Gasteiger partial charge in [0.15, 0.2) is 0 Å². The number of carbonyl (C=O) groups excluding carboxylic acids is 1. The van der Waals surface area contributed by atoms with Gasteiger partial charge in [0, 0.05) is 0 Å². The van der Waals surface area contributed by atoms with Crippen molar-refractivity contribution in [3.63, 3.8) is 0 Å². The molecule has 0 saturated heterocycles. The predicted molar refractivity (Wildman–Crippen MR) is 52.2 cm³/mol. The van der Waals surface area contributed by atoms with Crippen LogP contribution in [-0.2, 0) is 4.74 Å². The second-order valence-electron chi connectivity index (χ2n) is 2.07. The molecule has 0 radical (unpaired) electrons. The van der Waals surface area contributed by atoms with E-state index in [0.717, 1.165) is 0 Å². The summed E-state index contributed by atoms with van der Waals surface area (Å²) in [5.41, 5.74) is 4.57. The predicted octanol–water partition coefficient (Wildman–Crippen LogP) is 1.95. The first-order chi connectivity index (χ1) is 6.27. The van der Waals surface area contributed by atoms with Gasteiger partial charge in [-0.1, -0.05) is 49.1 Å². The first-order valence-electron chi connectivity index (χ1n) is 3.80. The maximum atomic E-state index is 9.71. The summed E-state index contributed by atoms with van der Waals surface area (Å²) in [5.74, 6) is 0. The van der Waals surface area contributed by atoms with Crippen molar-refractivity contribution in [2.75, 3.05) is 6.61 Å². The van der Waals surface area contributed by atoms with Crippen LogP contribution in [0.25, 0.3) is 0 Å². The summed E-state index contributed by atoms with van der Waals surface area (Å²) >= 11 is 0. The monoisotopic (exact) mass is 179 g/mol. The molecule has 1 aromatic rings. The Labute approximate surface area is 77.8 Å². The van der Waals surface area contributed by atoms with Crippen LogP contribution in [0.1, 0.15) is 0 Å². The largest absolute Gasteiger partial charge is 0.445 e. The number of rotatable bonds is 2. The highest BCUT2D eigenvalue weighted by atomic mass is 16.5. The fourth-order valence-corrected chi connectivity index (χ4v) is 0.526. The van der Waals surface area contributed by atoms with E-state index >= 15 is 0 Å². The molecule has 0 aliphatic carbocycles. The lowest BCUT2D eigenvalue weighted by Crippen LogP contribution is -2.12. The van der Waals surface area contributed by atoms with Gasteiger partial charge in [0.2, 0.25) is 0 Å². The SMILES string of the molecule is C=CCOC(N)=O.c1ccccc1. The van der Waals surface area contributed by atoms with Crippen LogP contribution in [0.3, 0.4) is 0 Å². The maximum absolute atomic E-state index is 9.71. The minimum absolute atomic E-state index is 0.190. The Morgan fingerprint density at radius 2 is 1.62 bits per heavy atom. The van der Waals surface area contributed by atoms with Gasteiger partial charge in [-0.15, -0.1) is 0 Å². The van der Waals surface area contributed by atoms with E-state index < -0.39 is 6.09 Å². The molecule has 0 aromatic heterocycles. The van der Waals surface area contributed by atoms with Crippen LogP contribution in [-0.4, -0.2) is 12.7 Å². The van der Waals surface area contributed by atoms with Gasteiger partial charge in [0.05, 0.1) is 0 Å². The molecule has 0 fully saturated rings. The molecule has 1 amide bonds. The van der Waals surface area contributed by atoms with Gasteiger partial charge in [0.1, 0.15) is 6.61 Å². The molecule has 3 heteroatoms. The van der Waals surface area contributed by atoms with Gasteiger partial charge in [0.25, 0.3) is 0 Å². The molecule has 0 bridgehead atoms. The summed E-state index contributed by atoms with van der Waals surface area (Å²) in [6.07, 6.45) is 0.685. The number of hydrogen-bond acceptors (Lipinski definition) is 2. The van der Waals surface area contributed by atoms with Crippen molar-refractivity contribution in [2.24, 2.45) is 5.73 Å². The van der Waals surface area contributed by atoms with Crippen LogP contribution in [0.15, 0.2) is 49.1 Å². The molecule has 0 atom stereocenters. The lowest BCUT2D eigenvalue weighted by Gasteiger charge is -1.90. The highest BCUT2D eigenvalue weighted by Gasteiger charge is 1.84. The van der Waals surface area contributed by atoms with Crippen LogP contribution in [0.5, 0.6) is 0 Å². The van der Waals surface area contributed by atoms with Crippen LogP contribution < -0.4 is 5.73 Å². The summed E-state index contributed by atoms with van der Waals surface area (Å²) in [6.45, 7) is 3.49. The van der Waals surface area contributed by atoms with Gasteiger partial charge in [-0.05, 0) is 0 Å². The zero-order valence-electron chi connectivity index (χ0n) is 7.35. The van der Waals surface area contributed by atoms with Gasteiger partial charge in [-0.25, -0.2) is 4.79 Å². The lowest BCUT2D eigenvalue weighted by molar-refractivity contribution is 0.169. The van der Waals surface area contributed by atoms with Gasteiger partial charge in [-0.3, -0.25) is 0 Å². The first kappa shape index (κ1) is 11.2. The molecule has 0 aliphatic rings. The second kappa shape index (κ2) is 8.33. The number of carbonyl (C=O) groups is 1. The van der Waals surface area contributed by atoms with Crippen molar-refractivity contribution < 1.29 is 9.53 Å². The zero-order chi connectivity index (χ0) is 9.94. The summed E-state index contributed by atoms with van der Waals surface area (Å²) < 4.78 is 4.21. The van der Waals surface area contributed by atoms with E-state index in [-0.39, 0.29) is 6.61 Å². The van der Waals surface area contributed by atoms with Crippen LogP contribution in [0.4, 0.5) is 4.79 Å². The minimum Gasteiger partial charge on any atom is -0.445 e. The molecule has 70 valence electrons. The number of primary amides is 1. The average molecular weight is 179 g/mol. The van der Waals surface area contributed by atoms with E-state index in [1.165, 1.54) is 6.08 Å². The topological polar surface area (TPSA) is 52.3 Å². The van der Waals surface area contributed by atoms with E-state index in [9.17, 15) is 4.79 Å². The van der Waals surface area contributed by atoms with E-state index in [4.69, 9.17) is 0 Å². The normalized spacial score (nSPS) is 7.69. The number of hydrogen-bond donors (Lipinski definition) is 1. The molecule has 1 rings (SSSR count). The lowest BCUT2D eigenvalue weighted by atomic mass is 10.4. The Kier molecular flexibility index (Phi) is 7.19. The van der Waals surface area contributed by atoms with E-state index in [2.05, 4.69) is 17.0 Å². The zero-order valence-corrected chi connectivity index (χ0v) is 7.35. The molecule has 3 nitrogen and oxygen atoms in total. The van der Waals surface area contributed by atoms with Crippen molar-refractivity contribution >= 4 is 6.09 Å². The van der Waals surface area contributed by atoms with Crippen molar-refractivity contribution in [3.05, 3.63) is 49.1 Å². The molecule has 2 N–H and O–H groups in total. The molecule has 0 spiro atoms. The highest BCUT2D eigenvalue weighted by molar-refractivity contribution is 5.64. The second-order valence-corrected chi connectivity index (χ2v) is 2.07. The number of amides is 1. The van der Waals surface area contributed by atoms with Crippen LogP contribution in [0, 0.1) is 0 Å². The van der Waals surface area contributed by atoms with Gasteiger partial charge < -0.3 is 10.5 Å². The third-order valence-corrected chi connectivity index (χ3v) is 1.01. The van der Waals surface area contributed by atoms with Gasteiger partial charge >= 0.3 is 6.09 Å². The summed E-state index contributed by atoms with van der Waals surface area (Å²) in [7, 11) is 0. The maximum Gasteiger partial charge on any atom is 0.404 e. The Bertz CT molecular complexity index is 207. The summed E-state index contributed by atoms with van der Waals surface area (Å²) in [5, 5.41) is 0. The fourth-order valence-electron chi connectivity index (χ4n) is 0.526. The van der Waals surface area contributed by atoms with E-state index in [0.29, 0.717) is 0 Å². The molecule has 1 aromatic carbocycles. The smallest absolute Gasteiger partial charge is 0.404 e. The molecule has 0 heterocycles. The summed E-state index contributed by atoms with van der Waals surface area (Å²) in [4.78, 5) is 9.71. The third kappa shape index (κ3) is 10.2. The van der Waals surface area contributed by atoms with Crippen molar-refractivity contribution in [1.29, 1.82) is 0 Å². The van der Waals surface area contributed by atoms with Crippen LogP contribution in [0.2, 0.25) is 0 Å². The van der Waals surface area contributed by atoms with Crippen molar-refractivity contribution in [2.45, 2.75) is 0 Å². The van der Waals surface area contributed by atoms with Crippen LogP contribution >= 0.6 is 0 Å². The van der Waals surface area contributed by atoms with Gasteiger partial charge in [-0.2, -0.15) is 0 Å². The summed E-state index contributed by atoms with van der Waals surface area (Å²) in [6, 6.07) is 12.0. The number of nitrogens with two attached hydrogens (primary N) is 1. The number of benzene rings is 1. The Hall–Kier alpha value is -1.77. The highest BCUT2D eigenvalue weighted by Crippen LogP contribution is 1.79. The molecule has 0 aliphatic heterocycles. The van der Waals surface area contributed by atoms with E-state index in [1.807, 2.05) is 36.4 Å². The van der Waals surface area contributed by atoms with Crippen molar-refractivity contribution in [3.8, 4) is 0 Å². The fraction of sp³-hybridized carbons (Fsp3) is 0.100. The molecular weight excluding hydrogens is 166 g/mol. The Morgan fingerprint density at radius 3 is 1.77 bits per heavy atom. The van der Waals surface area contributed by atoms with Crippen molar-refractivity contribution in [1.82, 2.24) is 0 Å². The molecule has 0 saturated carbocycles. The minimum atomic E-state index is -0.764. The standard InChI is InChI=1S/C6H6.C4H7NO2/c1-2-4-6-5-3-1;1-2-3-7-4(5)6/h1-6H;2H,1,3H2,(H2,5,6). The molecule has 13 heavy (non-hydrogen) atoms. The average Bonchev–Trinajstić information content (AvgIpc) is 2.18. The Morgan fingerprint density at radius 1 is 1.23 bits per heavy atom. The molecular formula is C10H13NO2.